The fourth-order valence-electron chi connectivity index (χ4n) is 2.36. The third-order valence-corrected chi connectivity index (χ3v) is 4.32. The number of hydrogen-bond donors (Lipinski definition) is 1. The Morgan fingerprint density at radius 3 is 2.81 bits per heavy atom. The molecule has 1 N–H and O–H groups in total. The quantitative estimate of drug-likeness (QED) is 0.616. The molecule has 0 aliphatic heterocycles. The summed E-state index contributed by atoms with van der Waals surface area (Å²) >= 11 is 1.56. The molecule has 0 radical (unpaired) electrons. The minimum Gasteiger partial charge on any atom is -0.478 e. The van der Waals surface area contributed by atoms with E-state index in [-0.39, 0.29) is 5.56 Å². The zero-order chi connectivity index (χ0) is 14.4. The van der Waals surface area contributed by atoms with Gasteiger partial charge in [-0.1, -0.05) is 35.6 Å². The molecule has 0 atom stereocenters. The van der Waals surface area contributed by atoms with Crippen LogP contribution < -0.4 is 0 Å². The smallest absolute Gasteiger partial charge is 0.335 e. The van der Waals surface area contributed by atoms with E-state index in [1.54, 1.807) is 29.5 Å². The summed E-state index contributed by atoms with van der Waals surface area (Å²) in [4.78, 5) is 11.9. The molecule has 2 aromatic heterocycles. The molecule has 5 nitrogen and oxygen atoms in total. The first-order chi connectivity index (χ1) is 10.2. The predicted molar refractivity (Wildman–Crippen MR) is 80.8 cm³/mol. The van der Waals surface area contributed by atoms with Crippen molar-refractivity contribution in [1.82, 2.24) is 14.6 Å². The van der Waals surface area contributed by atoms with Crippen molar-refractivity contribution in [2.24, 2.45) is 0 Å². The molecule has 0 bridgehead atoms. The summed E-state index contributed by atoms with van der Waals surface area (Å²) in [5, 5.41) is 17.5. The number of thiazole rings is 1. The van der Waals surface area contributed by atoms with Crippen LogP contribution in [0.2, 0.25) is 0 Å². The molecular weight excluding hydrogens is 286 g/mol. The molecule has 4 aromatic rings. The SMILES string of the molecule is O=C(O)c1cccc(-c2nnc3sc4ccccc4n23)c1. The van der Waals surface area contributed by atoms with Gasteiger partial charge in [-0.25, -0.2) is 4.79 Å². The van der Waals surface area contributed by atoms with Crippen LogP contribution in [0.15, 0.2) is 48.5 Å². The Labute approximate surface area is 123 Å². The molecule has 0 spiro atoms. The first kappa shape index (κ1) is 12.0. The topological polar surface area (TPSA) is 67.5 Å². The Balaban J connectivity index is 2.02. The number of rotatable bonds is 2. The van der Waals surface area contributed by atoms with E-state index in [4.69, 9.17) is 5.11 Å². The van der Waals surface area contributed by atoms with E-state index < -0.39 is 5.97 Å². The van der Waals surface area contributed by atoms with Gasteiger partial charge in [0, 0.05) is 5.56 Å². The monoisotopic (exact) mass is 295 g/mol. The minimum atomic E-state index is -0.951. The molecule has 4 rings (SSSR count). The zero-order valence-corrected chi connectivity index (χ0v) is 11.5. The highest BCUT2D eigenvalue weighted by atomic mass is 32.1. The van der Waals surface area contributed by atoms with Gasteiger partial charge in [0.2, 0.25) is 4.96 Å². The van der Waals surface area contributed by atoms with Crippen LogP contribution in [-0.4, -0.2) is 25.7 Å². The summed E-state index contributed by atoms with van der Waals surface area (Å²) in [5.74, 6) is -0.293. The maximum atomic E-state index is 11.1. The average Bonchev–Trinajstić information content (AvgIpc) is 3.06. The molecule has 0 aliphatic carbocycles. The number of aromatic nitrogens is 3. The Bertz CT molecular complexity index is 987. The second-order valence-corrected chi connectivity index (χ2v) is 5.61. The van der Waals surface area contributed by atoms with Crippen LogP contribution in [0.25, 0.3) is 26.6 Å². The number of carboxylic acid groups (broad SMARTS) is 1. The third kappa shape index (κ3) is 1.80. The largest absolute Gasteiger partial charge is 0.478 e. The molecule has 0 unspecified atom stereocenters. The van der Waals surface area contributed by atoms with Crippen LogP contribution in [0, 0.1) is 0 Å². The van der Waals surface area contributed by atoms with Crippen molar-refractivity contribution in [2.45, 2.75) is 0 Å². The number of hydrogen-bond acceptors (Lipinski definition) is 4. The van der Waals surface area contributed by atoms with Gasteiger partial charge in [0.05, 0.1) is 15.8 Å². The maximum Gasteiger partial charge on any atom is 0.335 e. The lowest BCUT2D eigenvalue weighted by molar-refractivity contribution is 0.0697. The van der Waals surface area contributed by atoms with Crippen molar-refractivity contribution in [3.63, 3.8) is 0 Å². The Hall–Kier alpha value is -2.73. The van der Waals surface area contributed by atoms with E-state index in [0.717, 1.165) is 20.7 Å². The van der Waals surface area contributed by atoms with Crippen LogP contribution in [0.1, 0.15) is 10.4 Å². The maximum absolute atomic E-state index is 11.1. The fraction of sp³-hybridized carbons (Fsp3) is 0. The molecule has 6 heteroatoms. The van der Waals surface area contributed by atoms with E-state index in [1.165, 1.54) is 0 Å². The van der Waals surface area contributed by atoms with Crippen LogP contribution in [0.4, 0.5) is 0 Å². The van der Waals surface area contributed by atoms with Crippen molar-refractivity contribution < 1.29 is 9.90 Å². The van der Waals surface area contributed by atoms with Gasteiger partial charge in [-0.2, -0.15) is 0 Å². The minimum absolute atomic E-state index is 0.240. The van der Waals surface area contributed by atoms with E-state index >= 15 is 0 Å². The van der Waals surface area contributed by atoms with Crippen molar-refractivity contribution in [3.8, 4) is 11.4 Å². The second-order valence-electron chi connectivity index (χ2n) is 4.60. The van der Waals surface area contributed by atoms with Gasteiger partial charge in [-0.05, 0) is 24.3 Å². The second kappa shape index (κ2) is 4.39. The standard InChI is InChI=1S/C15H9N3O2S/c19-14(20)10-5-3-4-9(8-10)13-16-17-15-18(13)11-6-1-2-7-12(11)21-15/h1-8H,(H,19,20). The predicted octanol–water partition coefficient (Wildman–Crippen LogP) is 3.31. The zero-order valence-electron chi connectivity index (χ0n) is 10.7. The van der Waals surface area contributed by atoms with Crippen LogP contribution in [0.3, 0.4) is 0 Å². The van der Waals surface area contributed by atoms with Crippen molar-refractivity contribution in [3.05, 3.63) is 54.1 Å². The number of carboxylic acids is 1. The molecular formula is C15H9N3O2S. The number of benzene rings is 2. The van der Waals surface area contributed by atoms with Gasteiger partial charge in [0.25, 0.3) is 0 Å². The summed E-state index contributed by atoms with van der Waals surface area (Å²) in [6, 6.07) is 14.7. The Morgan fingerprint density at radius 2 is 1.95 bits per heavy atom. The summed E-state index contributed by atoms with van der Waals surface area (Å²) < 4.78 is 3.08. The summed E-state index contributed by atoms with van der Waals surface area (Å²) in [7, 11) is 0. The van der Waals surface area contributed by atoms with Gasteiger partial charge in [0.15, 0.2) is 5.82 Å². The molecule has 102 valence electrons. The van der Waals surface area contributed by atoms with Gasteiger partial charge in [0.1, 0.15) is 0 Å². The van der Waals surface area contributed by atoms with E-state index in [1.807, 2.05) is 34.7 Å². The van der Waals surface area contributed by atoms with E-state index in [0.29, 0.717) is 5.82 Å². The molecule has 0 fully saturated rings. The first-order valence-corrected chi connectivity index (χ1v) is 7.12. The highest BCUT2D eigenvalue weighted by Crippen LogP contribution is 2.29. The van der Waals surface area contributed by atoms with Crippen LogP contribution in [-0.2, 0) is 0 Å². The lowest BCUT2D eigenvalue weighted by Crippen LogP contribution is -1.97. The van der Waals surface area contributed by atoms with Crippen LogP contribution >= 0.6 is 11.3 Å². The molecule has 0 aliphatic rings. The Kier molecular flexibility index (Phi) is 2.52. The Morgan fingerprint density at radius 1 is 1.10 bits per heavy atom. The lowest BCUT2D eigenvalue weighted by Gasteiger charge is -2.01. The first-order valence-electron chi connectivity index (χ1n) is 6.30. The van der Waals surface area contributed by atoms with Gasteiger partial charge < -0.3 is 5.11 Å². The molecule has 2 heterocycles. The lowest BCUT2D eigenvalue weighted by atomic mass is 10.1. The summed E-state index contributed by atoms with van der Waals surface area (Å²) in [6.45, 7) is 0. The third-order valence-electron chi connectivity index (χ3n) is 3.31. The number of carbonyl (C=O) groups is 1. The number of nitrogens with zero attached hydrogens (tertiary/aromatic N) is 3. The summed E-state index contributed by atoms with van der Waals surface area (Å²) in [5.41, 5.74) is 2.01. The molecule has 0 saturated carbocycles. The number of para-hydroxylation sites is 1. The van der Waals surface area contributed by atoms with Crippen molar-refractivity contribution in [2.75, 3.05) is 0 Å². The highest BCUT2D eigenvalue weighted by molar-refractivity contribution is 7.23. The van der Waals surface area contributed by atoms with Gasteiger partial charge in [-0.15, -0.1) is 10.2 Å². The van der Waals surface area contributed by atoms with Crippen molar-refractivity contribution >= 4 is 32.5 Å². The van der Waals surface area contributed by atoms with E-state index in [9.17, 15) is 4.79 Å². The molecule has 2 aromatic carbocycles. The fourth-order valence-corrected chi connectivity index (χ4v) is 3.32. The van der Waals surface area contributed by atoms with Gasteiger partial charge in [-0.3, -0.25) is 4.40 Å². The van der Waals surface area contributed by atoms with E-state index in [2.05, 4.69) is 10.2 Å². The average molecular weight is 295 g/mol. The molecule has 0 saturated heterocycles. The van der Waals surface area contributed by atoms with Gasteiger partial charge >= 0.3 is 5.97 Å². The number of aromatic carboxylic acids is 1. The normalized spacial score (nSPS) is 11.2. The molecule has 0 amide bonds. The number of fused-ring (bicyclic) bond motifs is 3. The summed E-state index contributed by atoms with van der Waals surface area (Å²) in [6.07, 6.45) is 0. The van der Waals surface area contributed by atoms with Crippen LogP contribution in [0.5, 0.6) is 0 Å². The van der Waals surface area contributed by atoms with Crippen molar-refractivity contribution in [1.29, 1.82) is 0 Å². The molecule has 21 heavy (non-hydrogen) atoms. The highest BCUT2D eigenvalue weighted by Gasteiger charge is 2.14.